The molecule has 0 aromatic heterocycles. The molecule has 1 aromatic carbocycles. The van der Waals surface area contributed by atoms with Gasteiger partial charge >= 0.3 is 5.97 Å². The Kier molecular flexibility index (Phi) is 6.48. The van der Waals surface area contributed by atoms with Crippen molar-refractivity contribution in [3.63, 3.8) is 0 Å². The zero-order chi connectivity index (χ0) is 16.8. The van der Waals surface area contributed by atoms with Crippen molar-refractivity contribution in [2.75, 3.05) is 6.61 Å². The van der Waals surface area contributed by atoms with Crippen LogP contribution in [0, 0.1) is 5.92 Å². The zero-order valence-electron chi connectivity index (χ0n) is 12.9. The summed E-state index contributed by atoms with van der Waals surface area (Å²) in [6.45, 7) is 2.08. The van der Waals surface area contributed by atoms with E-state index in [0.717, 1.165) is 17.7 Å². The number of esters is 1. The lowest BCUT2D eigenvalue weighted by atomic mass is 9.99. The Labute approximate surface area is 145 Å². The fourth-order valence-electron chi connectivity index (χ4n) is 2.50. The number of hydrogen-bond acceptors (Lipinski definition) is 3. The molecular weight excluding hydrogens is 337 g/mol. The van der Waals surface area contributed by atoms with Crippen LogP contribution in [-0.4, -0.2) is 18.5 Å². The maximum Gasteiger partial charge on any atom is 0.306 e. The Morgan fingerprint density at radius 3 is 2.87 bits per heavy atom. The molecule has 1 heterocycles. The maximum atomic E-state index is 12.3. The summed E-state index contributed by atoms with van der Waals surface area (Å²) in [4.78, 5) is 23.8. The lowest BCUT2D eigenvalue weighted by Crippen LogP contribution is -2.31. The molecule has 1 N–H and O–H groups in total. The van der Waals surface area contributed by atoms with Gasteiger partial charge in [-0.3, -0.25) is 9.59 Å². The second-order valence-corrected chi connectivity index (χ2v) is 6.26. The van der Waals surface area contributed by atoms with Crippen LogP contribution in [0.4, 0.5) is 0 Å². The predicted octanol–water partition coefficient (Wildman–Crippen LogP) is 3.90. The number of carbonyl (C=O) groups excluding carboxylic acids is 2. The van der Waals surface area contributed by atoms with Crippen molar-refractivity contribution in [2.24, 2.45) is 5.92 Å². The Bertz CT molecular complexity index is 628. The van der Waals surface area contributed by atoms with Gasteiger partial charge in [0.2, 0.25) is 5.91 Å². The van der Waals surface area contributed by atoms with Gasteiger partial charge in [-0.15, -0.1) is 0 Å². The minimum Gasteiger partial charge on any atom is -0.466 e. The number of halogens is 2. The summed E-state index contributed by atoms with van der Waals surface area (Å²) in [7, 11) is 0. The van der Waals surface area contributed by atoms with Crippen molar-refractivity contribution in [1.29, 1.82) is 0 Å². The molecule has 124 valence electrons. The van der Waals surface area contributed by atoms with Gasteiger partial charge in [0.15, 0.2) is 0 Å². The standard InChI is InChI=1S/C17H19Cl2NO3/c1-2-23-16(21)9-12-4-3-5-14(20-17(12)22)8-11-6-7-13(18)10-15(11)19/h5-7,10,12H,2-4,8-9H2,1H3,(H,20,22). The molecule has 1 aliphatic rings. The van der Waals surface area contributed by atoms with Crippen LogP contribution < -0.4 is 5.32 Å². The molecule has 0 bridgehead atoms. The van der Waals surface area contributed by atoms with E-state index in [2.05, 4.69) is 5.32 Å². The van der Waals surface area contributed by atoms with Crippen molar-refractivity contribution in [2.45, 2.75) is 32.6 Å². The van der Waals surface area contributed by atoms with Crippen LogP contribution in [0.1, 0.15) is 31.7 Å². The molecule has 4 nitrogen and oxygen atoms in total. The normalized spacial score (nSPS) is 18.0. The highest BCUT2D eigenvalue weighted by Crippen LogP contribution is 2.25. The molecule has 1 amide bonds. The number of benzene rings is 1. The minimum atomic E-state index is -0.358. The van der Waals surface area contributed by atoms with Crippen LogP contribution in [0.25, 0.3) is 0 Å². The summed E-state index contributed by atoms with van der Waals surface area (Å²) < 4.78 is 4.92. The second kappa shape index (κ2) is 8.37. The third-order valence-electron chi connectivity index (χ3n) is 3.67. The first-order valence-electron chi connectivity index (χ1n) is 7.59. The van der Waals surface area contributed by atoms with E-state index < -0.39 is 0 Å². The van der Waals surface area contributed by atoms with E-state index >= 15 is 0 Å². The summed E-state index contributed by atoms with van der Waals surface area (Å²) >= 11 is 12.1. The molecule has 0 radical (unpaired) electrons. The number of carbonyl (C=O) groups is 2. The molecule has 0 fully saturated rings. The van der Waals surface area contributed by atoms with E-state index in [1.165, 1.54) is 0 Å². The van der Waals surface area contributed by atoms with Gasteiger partial charge in [-0.05, 0) is 37.5 Å². The smallest absolute Gasteiger partial charge is 0.306 e. The Hall–Kier alpha value is -1.52. The molecule has 1 unspecified atom stereocenters. The third kappa shape index (κ3) is 5.26. The van der Waals surface area contributed by atoms with Gasteiger partial charge in [0, 0.05) is 28.1 Å². The van der Waals surface area contributed by atoms with E-state index in [9.17, 15) is 9.59 Å². The van der Waals surface area contributed by atoms with Crippen LogP contribution >= 0.6 is 23.2 Å². The highest BCUT2D eigenvalue weighted by molar-refractivity contribution is 6.35. The number of ether oxygens (including phenoxy) is 1. The van der Waals surface area contributed by atoms with Crippen LogP contribution in [0.15, 0.2) is 30.0 Å². The number of rotatable bonds is 5. The maximum absolute atomic E-state index is 12.3. The van der Waals surface area contributed by atoms with Crippen LogP contribution in [0.5, 0.6) is 0 Å². The van der Waals surface area contributed by atoms with Crippen LogP contribution in [0.3, 0.4) is 0 Å². The summed E-state index contributed by atoms with van der Waals surface area (Å²) in [5.74, 6) is -0.841. The van der Waals surface area contributed by atoms with Gasteiger partial charge in [0.05, 0.1) is 13.0 Å². The van der Waals surface area contributed by atoms with E-state index in [1.807, 2.05) is 12.1 Å². The number of hydrogen-bond donors (Lipinski definition) is 1. The summed E-state index contributed by atoms with van der Waals surface area (Å²) in [6.07, 6.45) is 3.97. The number of nitrogens with one attached hydrogen (secondary N) is 1. The monoisotopic (exact) mass is 355 g/mol. The average molecular weight is 356 g/mol. The van der Waals surface area contributed by atoms with Crippen molar-refractivity contribution in [1.82, 2.24) is 5.32 Å². The summed E-state index contributed by atoms with van der Waals surface area (Å²) in [5, 5.41) is 4.03. The van der Waals surface area contributed by atoms with E-state index in [0.29, 0.717) is 29.5 Å². The van der Waals surface area contributed by atoms with Crippen LogP contribution in [0.2, 0.25) is 10.0 Å². The van der Waals surface area contributed by atoms with E-state index in [1.54, 1.807) is 19.1 Å². The Morgan fingerprint density at radius 1 is 1.39 bits per heavy atom. The molecule has 0 saturated carbocycles. The predicted molar refractivity (Wildman–Crippen MR) is 90.4 cm³/mol. The number of amides is 1. The van der Waals surface area contributed by atoms with Crippen LogP contribution in [-0.2, 0) is 20.7 Å². The summed E-state index contributed by atoms with van der Waals surface area (Å²) in [5.41, 5.74) is 1.69. The molecule has 0 saturated heterocycles. The molecular formula is C17H19Cl2NO3. The molecule has 0 spiro atoms. The molecule has 23 heavy (non-hydrogen) atoms. The molecule has 6 heteroatoms. The average Bonchev–Trinajstić information content (AvgIpc) is 2.64. The fraction of sp³-hybridized carbons (Fsp3) is 0.412. The summed E-state index contributed by atoms with van der Waals surface area (Å²) in [6, 6.07) is 5.30. The van der Waals surface area contributed by atoms with Gasteiger partial charge in [-0.1, -0.05) is 35.3 Å². The first kappa shape index (κ1) is 17.8. The third-order valence-corrected chi connectivity index (χ3v) is 4.26. The van der Waals surface area contributed by atoms with E-state index in [-0.39, 0.29) is 24.2 Å². The van der Waals surface area contributed by atoms with E-state index in [4.69, 9.17) is 27.9 Å². The highest BCUT2D eigenvalue weighted by atomic mass is 35.5. The molecule has 1 aromatic rings. The molecule has 1 aliphatic heterocycles. The molecule has 2 rings (SSSR count). The highest BCUT2D eigenvalue weighted by Gasteiger charge is 2.25. The fourth-order valence-corrected chi connectivity index (χ4v) is 2.98. The zero-order valence-corrected chi connectivity index (χ0v) is 14.4. The van der Waals surface area contributed by atoms with Gasteiger partial charge < -0.3 is 10.1 Å². The largest absolute Gasteiger partial charge is 0.466 e. The van der Waals surface area contributed by atoms with Gasteiger partial charge in [-0.25, -0.2) is 0 Å². The van der Waals surface area contributed by atoms with Crippen molar-refractivity contribution in [3.05, 3.63) is 45.6 Å². The Balaban J connectivity index is 1.99. The quantitative estimate of drug-likeness (QED) is 0.814. The topological polar surface area (TPSA) is 55.4 Å². The van der Waals surface area contributed by atoms with Gasteiger partial charge in [0.25, 0.3) is 0 Å². The molecule has 1 atom stereocenters. The van der Waals surface area contributed by atoms with Gasteiger partial charge in [0.1, 0.15) is 0 Å². The minimum absolute atomic E-state index is 0.114. The SMILES string of the molecule is CCOC(=O)CC1CCC=C(Cc2ccc(Cl)cc2Cl)NC1=O. The van der Waals surface area contributed by atoms with Crippen molar-refractivity contribution in [3.8, 4) is 0 Å². The first-order valence-corrected chi connectivity index (χ1v) is 8.34. The van der Waals surface area contributed by atoms with Crippen molar-refractivity contribution < 1.29 is 14.3 Å². The lowest BCUT2D eigenvalue weighted by molar-refractivity contribution is -0.146. The van der Waals surface area contributed by atoms with Crippen molar-refractivity contribution >= 4 is 35.1 Å². The first-order chi connectivity index (χ1) is 11.0. The lowest BCUT2D eigenvalue weighted by Gasteiger charge is -2.14. The number of allylic oxidation sites excluding steroid dienone is 2. The Morgan fingerprint density at radius 2 is 2.17 bits per heavy atom. The van der Waals surface area contributed by atoms with Gasteiger partial charge in [-0.2, -0.15) is 0 Å². The molecule has 0 aliphatic carbocycles. The second-order valence-electron chi connectivity index (χ2n) is 5.41.